The minimum Gasteiger partial charge on any atom is -0.479 e. The summed E-state index contributed by atoms with van der Waals surface area (Å²) in [4.78, 5) is 11.0. The molecule has 0 bridgehead atoms. The molecule has 4 nitrogen and oxygen atoms in total. The Morgan fingerprint density at radius 1 is 1.44 bits per heavy atom. The summed E-state index contributed by atoms with van der Waals surface area (Å²) >= 11 is 0. The van der Waals surface area contributed by atoms with Crippen molar-refractivity contribution in [3.05, 3.63) is 0 Å². The van der Waals surface area contributed by atoms with Crippen molar-refractivity contribution in [3.63, 3.8) is 0 Å². The molecule has 0 saturated heterocycles. The lowest BCUT2D eigenvalue weighted by atomic mass is 9.90. The second kappa shape index (κ2) is 3.67. The lowest BCUT2D eigenvalue weighted by molar-refractivity contribution is -0.148. The summed E-state index contributed by atoms with van der Waals surface area (Å²) in [5, 5.41) is 8.95. The van der Waals surface area contributed by atoms with Gasteiger partial charge in [0.2, 0.25) is 5.67 Å². The zero-order chi connectivity index (χ0) is 13.1. The number of hydrogen-bond donors (Lipinski definition) is 2. The number of rotatable bonds is 3. The second-order valence-corrected chi connectivity index (χ2v) is 6.29. The third-order valence-corrected chi connectivity index (χ3v) is 5.10. The van der Waals surface area contributed by atoms with Crippen LogP contribution in [0.15, 0.2) is 0 Å². The molecule has 5 heteroatoms. The fourth-order valence-corrected chi connectivity index (χ4v) is 4.05. The van der Waals surface area contributed by atoms with Gasteiger partial charge in [-0.25, -0.2) is 9.18 Å². The van der Waals surface area contributed by atoms with Crippen LogP contribution in [0.4, 0.5) is 4.39 Å². The summed E-state index contributed by atoms with van der Waals surface area (Å²) in [5.41, 5.74) is 3.20. The van der Waals surface area contributed by atoms with Crippen molar-refractivity contribution in [2.45, 2.75) is 62.4 Å². The van der Waals surface area contributed by atoms with E-state index >= 15 is 0 Å². The van der Waals surface area contributed by atoms with E-state index in [9.17, 15) is 9.18 Å². The molecule has 18 heavy (non-hydrogen) atoms. The molecule has 0 heterocycles. The Hall–Kier alpha value is -0.680. The Bertz CT molecular complexity index is 380. The van der Waals surface area contributed by atoms with E-state index in [0.29, 0.717) is 6.42 Å². The Morgan fingerprint density at radius 3 is 2.50 bits per heavy atom. The number of carbonyl (C=O) groups is 1. The molecule has 3 aliphatic carbocycles. The van der Waals surface area contributed by atoms with Crippen LogP contribution in [0.1, 0.15) is 39.0 Å². The van der Waals surface area contributed by atoms with E-state index < -0.39 is 29.0 Å². The molecule has 0 unspecified atom stereocenters. The SMILES string of the molecule is C[C@@]1(N)[C@H]2[C@@H](C[C@H]1OC1CCCC1)[C@]2(F)C(=O)O. The molecule has 3 fully saturated rings. The van der Waals surface area contributed by atoms with Gasteiger partial charge in [0.1, 0.15) is 0 Å². The van der Waals surface area contributed by atoms with Crippen molar-refractivity contribution >= 4 is 5.97 Å². The fourth-order valence-electron chi connectivity index (χ4n) is 4.05. The number of aliphatic carboxylic acids is 1. The molecule has 0 spiro atoms. The number of hydrogen-bond acceptors (Lipinski definition) is 3. The minimum atomic E-state index is -2.11. The van der Waals surface area contributed by atoms with Gasteiger partial charge in [-0.2, -0.15) is 0 Å². The monoisotopic (exact) mass is 257 g/mol. The maximum atomic E-state index is 14.2. The molecule has 0 aromatic carbocycles. The van der Waals surface area contributed by atoms with Crippen molar-refractivity contribution in [2.24, 2.45) is 17.6 Å². The summed E-state index contributed by atoms with van der Waals surface area (Å²) < 4.78 is 20.2. The average molecular weight is 257 g/mol. The first-order valence-electron chi connectivity index (χ1n) is 6.75. The van der Waals surface area contributed by atoms with Gasteiger partial charge in [0, 0.05) is 17.4 Å². The van der Waals surface area contributed by atoms with Gasteiger partial charge in [-0.05, 0) is 26.2 Å². The fraction of sp³-hybridized carbons (Fsp3) is 0.923. The highest BCUT2D eigenvalue weighted by Gasteiger charge is 2.81. The maximum absolute atomic E-state index is 14.2. The third-order valence-electron chi connectivity index (χ3n) is 5.10. The standard InChI is InChI=1S/C13H20FNO3/c1-12(15)9(18-7-4-2-3-5-7)6-8-10(12)13(8,14)11(16)17/h7-10H,2-6,15H2,1H3,(H,16,17)/t8-,9-,10-,12+,13-/m1/s1. The van der Waals surface area contributed by atoms with E-state index in [1.54, 1.807) is 6.92 Å². The summed E-state index contributed by atoms with van der Waals surface area (Å²) in [6, 6.07) is 0. The van der Waals surface area contributed by atoms with Gasteiger partial charge in [0.05, 0.1) is 12.2 Å². The quantitative estimate of drug-likeness (QED) is 0.803. The molecular weight excluding hydrogens is 237 g/mol. The van der Waals surface area contributed by atoms with Crippen LogP contribution in [-0.2, 0) is 9.53 Å². The van der Waals surface area contributed by atoms with Crippen molar-refractivity contribution in [2.75, 3.05) is 0 Å². The van der Waals surface area contributed by atoms with Gasteiger partial charge in [-0.3, -0.25) is 0 Å². The highest BCUT2D eigenvalue weighted by molar-refractivity contribution is 5.83. The van der Waals surface area contributed by atoms with Crippen molar-refractivity contribution in [1.29, 1.82) is 0 Å². The molecule has 3 saturated carbocycles. The van der Waals surface area contributed by atoms with E-state index in [2.05, 4.69) is 0 Å². The smallest absolute Gasteiger partial charge is 0.342 e. The Labute approximate surface area is 106 Å². The molecule has 3 aliphatic rings. The number of ether oxygens (including phenoxy) is 1. The van der Waals surface area contributed by atoms with Crippen LogP contribution in [0, 0.1) is 11.8 Å². The molecular formula is C13H20FNO3. The Morgan fingerprint density at radius 2 is 2.06 bits per heavy atom. The van der Waals surface area contributed by atoms with Crippen molar-refractivity contribution in [1.82, 2.24) is 0 Å². The van der Waals surface area contributed by atoms with Crippen LogP contribution in [0.5, 0.6) is 0 Å². The maximum Gasteiger partial charge on any atom is 0.342 e. The highest BCUT2D eigenvalue weighted by Crippen LogP contribution is 2.67. The first-order chi connectivity index (χ1) is 8.38. The van der Waals surface area contributed by atoms with Crippen molar-refractivity contribution in [3.8, 4) is 0 Å². The molecule has 0 aromatic heterocycles. The van der Waals surface area contributed by atoms with E-state index in [1.165, 1.54) is 12.8 Å². The van der Waals surface area contributed by atoms with Crippen LogP contribution in [0.25, 0.3) is 0 Å². The topological polar surface area (TPSA) is 72.5 Å². The van der Waals surface area contributed by atoms with Gasteiger partial charge >= 0.3 is 5.97 Å². The normalized spacial score (nSPS) is 51.4. The number of carboxylic acid groups (broad SMARTS) is 1. The molecule has 0 radical (unpaired) electrons. The molecule has 0 aliphatic heterocycles. The molecule has 3 N–H and O–H groups in total. The lowest BCUT2D eigenvalue weighted by Gasteiger charge is -2.34. The van der Waals surface area contributed by atoms with E-state index in [4.69, 9.17) is 15.6 Å². The lowest BCUT2D eigenvalue weighted by Crippen LogP contribution is -2.53. The van der Waals surface area contributed by atoms with Crippen LogP contribution in [-0.4, -0.2) is 34.5 Å². The number of fused-ring (bicyclic) bond motifs is 1. The van der Waals surface area contributed by atoms with Gasteiger partial charge in [0.25, 0.3) is 0 Å². The first-order valence-corrected chi connectivity index (χ1v) is 6.75. The van der Waals surface area contributed by atoms with Crippen LogP contribution in [0.3, 0.4) is 0 Å². The largest absolute Gasteiger partial charge is 0.479 e. The predicted octanol–water partition coefficient (Wildman–Crippen LogP) is 1.47. The van der Waals surface area contributed by atoms with E-state index in [1.807, 2.05) is 0 Å². The number of carboxylic acids is 1. The zero-order valence-corrected chi connectivity index (χ0v) is 10.6. The summed E-state index contributed by atoms with van der Waals surface area (Å²) in [6.07, 6.45) is 4.91. The van der Waals surface area contributed by atoms with Crippen LogP contribution >= 0.6 is 0 Å². The predicted molar refractivity (Wildman–Crippen MR) is 62.8 cm³/mol. The van der Waals surface area contributed by atoms with Gasteiger partial charge < -0.3 is 15.6 Å². The number of halogens is 1. The van der Waals surface area contributed by atoms with Gasteiger partial charge in [-0.15, -0.1) is 0 Å². The summed E-state index contributed by atoms with van der Waals surface area (Å²) in [6.45, 7) is 1.74. The molecule has 0 aromatic rings. The summed E-state index contributed by atoms with van der Waals surface area (Å²) in [7, 11) is 0. The van der Waals surface area contributed by atoms with Gasteiger partial charge in [-0.1, -0.05) is 12.8 Å². The molecule has 5 atom stereocenters. The number of alkyl halides is 1. The first kappa shape index (κ1) is 12.4. The Balaban J connectivity index is 1.70. The van der Waals surface area contributed by atoms with Crippen LogP contribution in [0.2, 0.25) is 0 Å². The Kier molecular flexibility index (Phi) is 2.52. The van der Waals surface area contributed by atoms with Gasteiger partial charge in [0.15, 0.2) is 0 Å². The molecule has 3 rings (SSSR count). The average Bonchev–Trinajstić information content (AvgIpc) is 2.65. The summed E-state index contributed by atoms with van der Waals surface area (Å²) in [5.74, 6) is -2.42. The van der Waals surface area contributed by atoms with Crippen LogP contribution < -0.4 is 5.73 Å². The number of nitrogens with two attached hydrogens (primary N) is 1. The molecule has 0 amide bonds. The zero-order valence-electron chi connectivity index (χ0n) is 10.6. The van der Waals surface area contributed by atoms with E-state index in [0.717, 1.165) is 12.8 Å². The van der Waals surface area contributed by atoms with Crippen molar-refractivity contribution < 1.29 is 19.0 Å². The van der Waals surface area contributed by atoms with E-state index in [-0.39, 0.29) is 12.2 Å². The second-order valence-electron chi connectivity index (χ2n) is 6.29. The highest BCUT2D eigenvalue weighted by atomic mass is 19.1. The third kappa shape index (κ3) is 1.46. The molecule has 102 valence electrons. The minimum absolute atomic E-state index is 0.196.